The van der Waals surface area contributed by atoms with Crippen molar-refractivity contribution in [3.8, 4) is 0 Å². The monoisotopic (exact) mass is 383 g/mol. The normalized spacial score (nSPS) is 12.8. The smallest absolute Gasteiger partial charge is 0.328 e. The second-order valence-corrected chi connectivity index (χ2v) is 7.24. The van der Waals surface area contributed by atoms with Crippen molar-refractivity contribution in [1.82, 2.24) is 5.32 Å². The molecule has 0 unspecified atom stereocenters. The van der Waals surface area contributed by atoms with E-state index in [0.29, 0.717) is 11.3 Å². The molecule has 0 radical (unpaired) electrons. The third-order valence-corrected chi connectivity index (χ3v) is 4.96. The number of Topliss-reactive ketones (excluding diaryl/α,β-unsaturated/α-hetero) is 1. The van der Waals surface area contributed by atoms with Crippen molar-refractivity contribution < 1.29 is 28.7 Å². The summed E-state index contributed by atoms with van der Waals surface area (Å²) in [5.41, 5.74) is 0. The van der Waals surface area contributed by atoms with Gasteiger partial charge < -0.3 is 14.8 Å². The highest BCUT2D eigenvalue weighted by molar-refractivity contribution is 7.14. The van der Waals surface area contributed by atoms with E-state index in [0.717, 1.165) is 4.88 Å². The van der Waals surface area contributed by atoms with Crippen LogP contribution in [0.25, 0.3) is 0 Å². The molecule has 7 nitrogen and oxygen atoms in total. The second kappa shape index (κ2) is 10.7. The number of nitrogens with one attached hydrogen (secondary N) is 1. The van der Waals surface area contributed by atoms with Gasteiger partial charge >= 0.3 is 11.9 Å². The highest BCUT2D eigenvalue weighted by atomic mass is 32.1. The first-order valence-corrected chi connectivity index (χ1v) is 9.22. The van der Waals surface area contributed by atoms with Crippen LogP contribution in [0.4, 0.5) is 0 Å². The van der Waals surface area contributed by atoms with E-state index >= 15 is 0 Å². The quantitative estimate of drug-likeness (QED) is 0.491. The summed E-state index contributed by atoms with van der Waals surface area (Å²) in [6.07, 6.45) is 0.594. The fourth-order valence-electron chi connectivity index (χ4n) is 2.15. The van der Waals surface area contributed by atoms with Crippen molar-refractivity contribution >= 4 is 35.0 Å². The maximum absolute atomic E-state index is 11.9. The fourth-order valence-corrected chi connectivity index (χ4v) is 2.99. The van der Waals surface area contributed by atoms with Crippen molar-refractivity contribution in [2.24, 2.45) is 5.92 Å². The summed E-state index contributed by atoms with van der Waals surface area (Å²) in [7, 11) is 1.25. The first kappa shape index (κ1) is 21.8. The maximum Gasteiger partial charge on any atom is 0.328 e. The van der Waals surface area contributed by atoms with Gasteiger partial charge in [0.25, 0.3) is 5.91 Å². The Hall–Kier alpha value is -2.22. The molecule has 2 atom stereocenters. The lowest BCUT2D eigenvalue weighted by molar-refractivity contribution is -0.151. The van der Waals surface area contributed by atoms with E-state index in [2.05, 4.69) is 10.1 Å². The number of carbonyl (C=O) groups excluding carboxylic acids is 4. The minimum Gasteiger partial charge on any atom is -0.467 e. The van der Waals surface area contributed by atoms with Gasteiger partial charge in [0.1, 0.15) is 6.04 Å². The molecule has 0 aliphatic heterocycles. The lowest BCUT2D eigenvalue weighted by Crippen LogP contribution is -2.47. The van der Waals surface area contributed by atoms with Crippen LogP contribution in [0, 0.1) is 12.8 Å². The first-order chi connectivity index (χ1) is 12.3. The number of aryl methyl sites for hydroxylation is 1. The molecule has 0 aliphatic rings. The Bertz CT molecular complexity index is 654. The molecular formula is C18H25NO6S. The molecule has 0 saturated heterocycles. The molecule has 1 aromatic rings. The molecule has 8 heteroatoms. The van der Waals surface area contributed by atoms with Crippen molar-refractivity contribution in [1.29, 1.82) is 0 Å². The maximum atomic E-state index is 11.9. The molecule has 1 N–H and O–H groups in total. The molecule has 1 heterocycles. The minimum absolute atomic E-state index is 0.0259. The van der Waals surface area contributed by atoms with E-state index in [-0.39, 0.29) is 24.5 Å². The van der Waals surface area contributed by atoms with Crippen LogP contribution in [0.1, 0.15) is 47.7 Å². The van der Waals surface area contributed by atoms with E-state index in [1.165, 1.54) is 18.4 Å². The summed E-state index contributed by atoms with van der Waals surface area (Å²) in [4.78, 5) is 48.9. The van der Waals surface area contributed by atoms with Gasteiger partial charge in [-0.15, -0.1) is 11.3 Å². The van der Waals surface area contributed by atoms with Gasteiger partial charge in [-0.25, -0.2) is 4.79 Å². The van der Waals surface area contributed by atoms with Crippen LogP contribution < -0.4 is 5.32 Å². The van der Waals surface area contributed by atoms with Gasteiger partial charge in [-0.3, -0.25) is 14.4 Å². The van der Waals surface area contributed by atoms with Gasteiger partial charge in [0.2, 0.25) is 0 Å². The van der Waals surface area contributed by atoms with Gasteiger partial charge in [0.05, 0.1) is 18.4 Å². The van der Waals surface area contributed by atoms with Gasteiger partial charge in [0.15, 0.2) is 12.4 Å². The Morgan fingerprint density at radius 2 is 1.88 bits per heavy atom. The first-order valence-electron chi connectivity index (χ1n) is 8.40. The van der Waals surface area contributed by atoms with E-state index < -0.39 is 30.5 Å². The Morgan fingerprint density at radius 3 is 2.42 bits per heavy atom. The highest BCUT2D eigenvalue weighted by Gasteiger charge is 2.27. The van der Waals surface area contributed by atoms with E-state index in [1.807, 2.05) is 26.8 Å². The number of hydrogen-bond acceptors (Lipinski definition) is 7. The van der Waals surface area contributed by atoms with Crippen molar-refractivity contribution in [3.63, 3.8) is 0 Å². The topological polar surface area (TPSA) is 98.8 Å². The minimum atomic E-state index is -0.792. The van der Waals surface area contributed by atoms with E-state index in [9.17, 15) is 19.2 Å². The number of ketones is 1. The molecule has 1 rings (SSSR count). The van der Waals surface area contributed by atoms with Crippen LogP contribution in [0.2, 0.25) is 0 Å². The molecule has 0 saturated carbocycles. The summed E-state index contributed by atoms with van der Waals surface area (Å²) in [5.74, 6) is -2.02. The third kappa shape index (κ3) is 6.95. The van der Waals surface area contributed by atoms with Crippen LogP contribution in [-0.4, -0.2) is 43.4 Å². The standard InChI is InChI=1S/C18H25NO6S/c1-5-11(2)17(18(23)24-4)19-15(21)10-25-16(22)9-7-13(20)14-8-6-12(3)26-14/h6,8,11,17H,5,7,9-10H2,1-4H3,(H,19,21)/t11-,17-/m1/s1. The molecule has 0 fully saturated rings. The predicted molar refractivity (Wildman–Crippen MR) is 97.0 cm³/mol. The number of thiophene rings is 1. The molecule has 144 valence electrons. The summed E-state index contributed by atoms with van der Waals surface area (Å²) >= 11 is 1.37. The van der Waals surface area contributed by atoms with Crippen LogP contribution >= 0.6 is 11.3 Å². The summed E-state index contributed by atoms with van der Waals surface area (Å²) in [5, 5.41) is 2.51. The molecule has 0 bridgehead atoms. The Morgan fingerprint density at radius 1 is 1.19 bits per heavy atom. The summed E-state index contributed by atoms with van der Waals surface area (Å²) < 4.78 is 9.54. The van der Waals surface area contributed by atoms with Crippen molar-refractivity contribution in [3.05, 3.63) is 21.9 Å². The van der Waals surface area contributed by atoms with Gasteiger partial charge in [-0.2, -0.15) is 0 Å². The lowest BCUT2D eigenvalue weighted by Gasteiger charge is -2.21. The molecule has 26 heavy (non-hydrogen) atoms. The average Bonchev–Trinajstić information content (AvgIpc) is 3.07. The Labute approximate surface area is 157 Å². The second-order valence-electron chi connectivity index (χ2n) is 5.95. The van der Waals surface area contributed by atoms with E-state index in [1.54, 1.807) is 6.07 Å². The number of carbonyl (C=O) groups is 4. The molecule has 0 aliphatic carbocycles. The zero-order valence-corrected chi connectivity index (χ0v) is 16.3. The number of hydrogen-bond donors (Lipinski definition) is 1. The number of methoxy groups -OCH3 is 1. The van der Waals surface area contributed by atoms with Crippen LogP contribution in [0.15, 0.2) is 12.1 Å². The SMILES string of the molecule is CC[C@@H](C)[C@@H](NC(=O)COC(=O)CCC(=O)c1ccc(C)s1)C(=O)OC. The number of esters is 2. The van der Waals surface area contributed by atoms with Crippen molar-refractivity contribution in [2.45, 2.75) is 46.1 Å². The van der Waals surface area contributed by atoms with Gasteiger partial charge in [-0.05, 0) is 25.0 Å². The Balaban J connectivity index is 2.39. The number of rotatable bonds is 10. The average molecular weight is 383 g/mol. The molecular weight excluding hydrogens is 358 g/mol. The van der Waals surface area contributed by atoms with Gasteiger partial charge in [-0.1, -0.05) is 20.3 Å². The number of ether oxygens (including phenoxy) is 2. The lowest BCUT2D eigenvalue weighted by atomic mass is 9.99. The van der Waals surface area contributed by atoms with Crippen molar-refractivity contribution in [2.75, 3.05) is 13.7 Å². The largest absolute Gasteiger partial charge is 0.467 e. The zero-order valence-electron chi connectivity index (χ0n) is 15.5. The highest BCUT2D eigenvalue weighted by Crippen LogP contribution is 2.17. The van der Waals surface area contributed by atoms with Crippen LogP contribution in [0.3, 0.4) is 0 Å². The zero-order chi connectivity index (χ0) is 19.7. The molecule has 1 amide bonds. The summed E-state index contributed by atoms with van der Waals surface area (Å²) in [6, 6.07) is 2.78. The molecule has 0 aromatic carbocycles. The van der Waals surface area contributed by atoms with E-state index in [4.69, 9.17) is 4.74 Å². The van der Waals surface area contributed by atoms with Crippen LogP contribution in [0.5, 0.6) is 0 Å². The molecule has 0 spiro atoms. The predicted octanol–water partition coefficient (Wildman–Crippen LogP) is 2.27. The number of amides is 1. The third-order valence-electron chi connectivity index (χ3n) is 3.92. The van der Waals surface area contributed by atoms with Gasteiger partial charge in [0, 0.05) is 11.3 Å². The van der Waals surface area contributed by atoms with Crippen LogP contribution in [-0.2, 0) is 23.9 Å². The summed E-state index contributed by atoms with van der Waals surface area (Å²) in [6.45, 7) is 5.09. The Kier molecular flexibility index (Phi) is 8.98. The molecule has 1 aromatic heterocycles. The fraction of sp³-hybridized carbons (Fsp3) is 0.556.